The zero-order valence-corrected chi connectivity index (χ0v) is 11.9. The number of aromatic nitrogens is 2. The summed E-state index contributed by atoms with van der Waals surface area (Å²) < 4.78 is 0. The minimum atomic E-state index is 0.461. The molecule has 0 unspecified atom stereocenters. The first-order valence-electron chi connectivity index (χ1n) is 5.99. The van der Waals surface area contributed by atoms with Gasteiger partial charge < -0.3 is 0 Å². The molecule has 0 bridgehead atoms. The second-order valence-electron chi connectivity index (χ2n) is 4.16. The third-order valence-corrected chi connectivity index (χ3v) is 3.77. The van der Waals surface area contributed by atoms with Crippen molar-refractivity contribution >= 4 is 23.2 Å². The molecule has 4 heteroatoms. The van der Waals surface area contributed by atoms with Crippen molar-refractivity contribution in [1.29, 1.82) is 0 Å². The van der Waals surface area contributed by atoms with Gasteiger partial charge in [-0.25, -0.2) is 0 Å². The van der Waals surface area contributed by atoms with E-state index in [4.69, 9.17) is 23.2 Å². The summed E-state index contributed by atoms with van der Waals surface area (Å²) in [5.74, 6) is 0. The van der Waals surface area contributed by atoms with Crippen LogP contribution < -0.4 is 0 Å². The van der Waals surface area contributed by atoms with Crippen molar-refractivity contribution in [3.8, 4) is 22.4 Å². The molecule has 0 saturated carbocycles. The van der Waals surface area contributed by atoms with Crippen LogP contribution >= 0.6 is 23.2 Å². The topological polar surface area (TPSA) is 25.8 Å². The molecule has 0 atom stereocenters. The van der Waals surface area contributed by atoms with Gasteiger partial charge in [0.05, 0.1) is 15.7 Å². The Bertz CT molecular complexity index is 664. The van der Waals surface area contributed by atoms with Crippen molar-refractivity contribution in [2.24, 2.45) is 0 Å². The van der Waals surface area contributed by atoms with E-state index in [1.54, 1.807) is 24.7 Å². The van der Waals surface area contributed by atoms with Crippen molar-refractivity contribution in [2.75, 3.05) is 0 Å². The Labute approximate surface area is 127 Å². The van der Waals surface area contributed by atoms with Gasteiger partial charge in [0.15, 0.2) is 0 Å². The second-order valence-corrected chi connectivity index (χ2v) is 4.92. The van der Waals surface area contributed by atoms with Gasteiger partial charge in [0.25, 0.3) is 0 Å². The van der Waals surface area contributed by atoms with Crippen LogP contribution in [0.2, 0.25) is 10.0 Å². The largest absolute Gasteiger partial charge is 0.264 e. The first-order chi connectivity index (χ1) is 9.77. The van der Waals surface area contributed by atoms with Gasteiger partial charge in [-0.3, -0.25) is 9.97 Å². The van der Waals surface area contributed by atoms with Crippen LogP contribution in [0.15, 0.2) is 55.0 Å². The number of nitrogens with zero attached hydrogens (tertiary/aromatic N) is 2. The number of rotatable bonds is 2. The number of pyridine rings is 2. The molecule has 0 amide bonds. The molecule has 0 aliphatic heterocycles. The Morgan fingerprint density at radius 1 is 0.950 bits per heavy atom. The summed E-state index contributed by atoms with van der Waals surface area (Å²) >= 11 is 12.7. The molecule has 20 heavy (non-hydrogen) atoms. The van der Waals surface area contributed by atoms with Gasteiger partial charge in [-0.15, -0.1) is 0 Å². The molecular weight excluding hydrogens is 291 g/mol. The summed E-state index contributed by atoms with van der Waals surface area (Å²) in [5, 5.41) is 0.936. The number of halogens is 2. The lowest BCUT2D eigenvalue weighted by Crippen LogP contribution is -1.88. The van der Waals surface area contributed by atoms with E-state index in [-0.39, 0.29) is 0 Å². The predicted octanol–water partition coefficient (Wildman–Crippen LogP) is 4.92. The first-order valence-corrected chi connectivity index (χ1v) is 6.74. The van der Waals surface area contributed by atoms with Gasteiger partial charge in [-0.1, -0.05) is 35.3 Å². The van der Waals surface area contributed by atoms with Crippen molar-refractivity contribution in [3.05, 3.63) is 71.1 Å². The van der Waals surface area contributed by atoms with E-state index in [9.17, 15) is 0 Å². The minimum Gasteiger partial charge on any atom is -0.264 e. The normalized spacial score (nSPS) is 10.5. The molecule has 2 aromatic heterocycles. The van der Waals surface area contributed by atoms with E-state index >= 15 is 0 Å². The van der Waals surface area contributed by atoms with E-state index < -0.39 is 0 Å². The number of hydrogen-bond donors (Lipinski definition) is 0. The maximum atomic E-state index is 6.37. The van der Waals surface area contributed by atoms with Crippen LogP contribution in [-0.4, -0.2) is 9.97 Å². The van der Waals surface area contributed by atoms with Gasteiger partial charge in [-0.2, -0.15) is 0 Å². The Balaban J connectivity index is 2.13. The molecule has 0 fully saturated rings. The highest BCUT2D eigenvalue weighted by atomic mass is 35.5. The molecule has 0 saturated heterocycles. The van der Waals surface area contributed by atoms with E-state index in [2.05, 4.69) is 16.0 Å². The molecule has 97 valence electrons. The fourth-order valence-electron chi connectivity index (χ4n) is 1.93. The highest BCUT2D eigenvalue weighted by Crippen LogP contribution is 2.38. The van der Waals surface area contributed by atoms with Crippen LogP contribution in [0.4, 0.5) is 0 Å². The molecule has 1 aromatic carbocycles. The van der Waals surface area contributed by atoms with Gasteiger partial charge in [0, 0.05) is 35.3 Å². The monoisotopic (exact) mass is 299 g/mol. The minimum absolute atomic E-state index is 0.461. The van der Waals surface area contributed by atoms with Crippen molar-refractivity contribution in [2.45, 2.75) is 0 Å². The SMILES string of the molecule is Clc1c(-c2cccnc2)[c]cc(-c2ccccn2)c1Cl. The van der Waals surface area contributed by atoms with Crippen LogP contribution in [0.1, 0.15) is 0 Å². The van der Waals surface area contributed by atoms with Crippen LogP contribution in [0.3, 0.4) is 0 Å². The summed E-state index contributed by atoms with van der Waals surface area (Å²) in [6.45, 7) is 0. The third-order valence-electron chi connectivity index (χ3n) is 2.90. The molecule has 2 heterocycles. The van der Waals surface area contributed by atoms with Crippen molar-refractivity contribution < 1.29 is 0 Å². The predicted molar refractivity (Wildman–Crippen MR) is 81.8 cm³/mol. The lowest BCUT2D eigenvalue weighted by atomic mass is 10.0. The van der Waals surface area contributed by atoms with Gasteiger partial charge in [0.1, 0.15) is 0 Å². The molecule has 3 aromatic rings. The lowest BCUT2D eigenvalue weighted by Gasteiger charge is -2.09. The molecular formula is C16H9Cl2N2. The molecule has 0 spiro atoms. The third kappa shape index (κ3) is 2.40. The first kappa shape index (κ1) is 13.1. The fraction of sp³-hybridized carbons (Fsp3) is 0. The Morgan fingerprint density at radius 3 is 2.55 bits per heavy atom. The average molecular weight is 300 g/mol. The van der Waals surface area contributed by atoms with Crippen LogP contribution in [-0.2, 0) is 0 Å². The smallest absolute Gasteiger partial charge is 0.0717 e. The summed E-state index contributed by atoms with van der Waals surface area (Å²) in [6.07, 6.45) is 5.16. The van der Waals surface area contributed by atoms with Crippen molar-refractivity contribution in [1.82, 2.24) is 9.97 Å². The Morgan fingerprint density at radius 2 is 1.85 bits per heavy atom. The van der Waals surface area contributed by atoms with E-state index in [0.717, 1.165) is 22.4 Å². The van der Waals surface area contributed by atoms with E-state index in [0.29, 0.717) is 10.0 Å². The molecule has 0 aliphatic rings. The van der Waals surface area contributed by atoms with Crippen molar-refractivity contribution in [3.63, 3.8) is 0 Å². The molecule has 3 rings (SSSR count). The van der Waals surface area contributed by atoms with Crippen LogP contribution in [0, 0.1) is 6.07 Å². The fourth-order valence-corrected chi connectivity index (χ4v) is 2.44. The zero-order valence-electron chi connectivity index (χ0n) is 10.3. The highest BCUT2D eigenvalue weighted by Gasteiger charge is 2.13. The maximum Gasteiger partial charge on any atom is 0.0717 e. The Kier molecular flexibility index (Phi) is 3.68. The van der Waals surface area contributed by atoms with Crippen LogP contribution in [0.5, 0.6) is 0 Å². The van der Waals surface area contributed by atoms with E-state index in [1.165, 1.54) is 0 Å². The molecule has 1 radical (unpaired) electrons. The van der Waals surface area contributed by atoms with Gasteiger partial charge in [-0.05, 0) is 30.3 Å². The average Bonchev–Trinajstić information content (AvgIpc) is 2.52. The maximum absolute atomic E-state index is 6.37. The molecule has 0 N–H and O–H groups in total. The summed E-state index contributed by atoms with van der Waals surface area (Å²) in [6, 6.07) is 14.4. The summed E-state index contributed by atoms with van der Waals surface area (Å²) in [4.78, 5) is 8.36. The van der Waals surface area contributed by atoms with Gasteiger partial charge in [0.2, 0.25) is 0 Å². The summed E-state index contributed by atoms with van der Waals surface area (Å²) in [7, 11) is 0. The highest BCUT2D eigenvalue weighted by molar-refractivity contribution is 6.45. The zero-order chi connectivity index (χ0) is 13.9. The van der Waals surface area contributed by atoms with Crippen LogP contribution in [0.25, 0.3) is 22.4 Å². The standard InChI is InChI=1S/C16H9Cl2N2/c17-15-12(11-4-3-8-19-10-11)6-7-13(16(15)18)14-5-1-2-9-20-14/h1-5,7-10H. The Hall–Kier alpha value is -1.90. The quantitative estimate of drug-likeness (QED) is 0.671. The molecule has 0 aliphatic carbocycles. The van der Waals surface area contributed by atoms with Gasteiger partial charge >= 0.3 is 0 Å². The molecule has 2 nitrogen and oxygen atoms in total. The number of benzene rings is 1. The van der Waals surface area contributed by atoms with E-state index in [1.807, 2.05) is 30.3 Å². The second kappa shape index (κ2) is 5.61. The lowest BCUT2D eigenvalue weighted by molar-refractivity contribution is 1.32. The summed E-state index contributed by atoms with van der Waals surface area (Å²) in [5.41, 5.74) is 3.16. The number of hydrogen-bond acceptors (Lipinski definition) is 2.